The van der Waals surface area contributed by atoms with Gasteiger partial charge >= 0.3 is 17.9 Å². The number of aliphatic carboxylic acids is 1. The molecule has 0 aromatic carbocycles. The van der Waals surface area contributed by atoms with Gasteiger partial charge in [-0.25, -0.2) is 0 Å². The molecule has 2 saturated carbocycles. The van der Waals surface area contributed by atoms with Gasteiger partial charge in [0.25, 0.3) is 0 Å². The molecular formula is C31H40O8. The molecule has 0 bridgehead atoms. The highest BCUT2D eigenvalue weighted by Gasteiger charge is 2.80. The van der Waals surface area contributed by atoms with E-state index in [9.17, 15) is 24.3 Å². The minimum absolute atomic E-state index is 0.0362. The smallest absolute Gasteiger partial charge is 0.309 e. The lowest BCUT2D eigenvalue weighted by molar-refractivity contribution is -0.153. The average molecular weight is 541 g/mol. The third-order valence-electron chi connectivity index (χ3n) is 10.5. The van der Waals surface area contributed by atoms with Crippen molar-refractivity contribution in [1.29, 1.82) is 0 Å². The number of carbonyl (C=O) groups is 4. The SMILES string of the molecule is C=C(C)[C@@H]1C[C@@H]2O[C@]23C(=CC(=O)[C@]2(C)[C@@H](/C(C)=C\[C@@H]4C[C@@H](C)C(=O)O4)C[C@H](OC(C)=O)[C@H]23)[C@@]1(C)CCC(=O)O. The molecule has 2 saturated heterocycles. The van der Waals surface area contributed by atoms with Crippen LogP contribution in [0.5, 0.6) is 0 Å². The summed E-state index contributed by atoms with van der Waals surface area (Å²) in [5.41, 5.74) is 0.362. The molecule has 8 heteroatoms. The van der Waals surface area contributed by atoms with Crippen LogP contribution in [0.15, 0.2) is 35.5 Å². The summed E-state index contributed by atoms with van der Waals surface area (Å²) in [6, 6.07) is 0. The summed E-state index contributed by atoms with van der Waals surface area (Å²) in [4.78, 5) is 50.2. The van der Waals surface area contributed by atoms with E-state index in [1.165, 1.54) is 6.92 Å². The average Bonchev–Trinajstić information content (AvgIpc) is 3.33. The van der Waals surface area contributed by atoms with Crippen LogP contribution < -0.4 is 0 Å². The van der Waals surface area contributed by atoms with Crippen LogP contribution in [0.4, 0.5) is 0 Å². The summed E-state index contributed by atoms with van der Waals surface area (Å²) in [7, 11) is 0. The first-order chi connectivity index (χ1) is 18.2. The second-order valence-corrected chi connectivity index (χ2v) is 13.0. The molecule has 0 amide bonds. The molecule has 3 aliphatic carbocycles. The van der Waals surface area contributed by atoms with Gasteiger partial charge in [-0.05, 0) is 68.1 Å². The Kier molecular flexibility index (Phi) is 6.52. The molecule has 2 heterocycles. The highest BCUT2D eigenvalue weighted by molar-refractivity contribution is 5.99. The predicted octanol–water partition coefficient (Wildman–Crippen LogP) is 4.57. The lowest BCUT2D eigenvalue weighted by Gasteiger charge is -2.52. The molecule has 0 unspecified atom stereocenters. The fourth-order valence-electron chi connectivity index (χ4n) is 8.72. The van der Waals surface area contributed by atoms with Crippen LogP contribution >= 0.6 is 0 Å². The van der Waals surface area contributed by atoms with Crippen molar-refractivity contribution in [2.24, 2.45) is 34.5 Å². The van der Waals surface area contributed by atoms with E-state index < -0.39 is 40.4 Å². The third kappa shape index (κ3) is 4.04. The number of cyclic esters (lactones) is 1. The maximum absolute atomic E-state index is 14.3. The monoisotopic (exact) mass is 540 g/mol. The van der Waals surface area contributed by atoms with Crippen molar-refractivity contribution in [1.82, 2.24) is 0 Å². The molecule has 5 aliphatic rings. The Bertz CT molecular complexity index is 1210. The van der Waals surface area contributed by atoms with Gasteiger partial charge in [-0.1, -0.05) is 38.5 Å². The van der Waals surface area contributed by atoms with Crippen LogP contribution in [0.2, 0.25) is 0 Å². The first kappa shape index (κ1) is 27.8. The Morgan fingerprint density at radius 3 is 2.41 bits per heavy atom. The van der Waals surface area contributed by atoms with Gasteiger partial charge in [-0.2, -0.15) is 0 Å². The molecule has 4 fully saturated rings. The van der Waals surface area contributed by atoms with E-state index in [1.807, 2.05) is 40.7 Å². The number of rotatable bonds is 7. The second kappa shape index (κ2) is 9.15. The molecule has 0 aromatic rings. The van der Waals surface area contributed by atoms with Gasteiger partial charge in [-0.15, -0.1) is 0 Å². The maximum Gasteiger partial charge on any atom is 0.309 e. The van der Waals surface area contributed by atoms with E-state index >= 15 is 0 Å². The van der Waals surface area contributed by atoms with Crippen LogP contribution in [0.1, 0.15) is 73.6 Å². The minimum atomic E-state index is -0.906. The van der Waals surface area contributed by atoms with E-state index in [0.717, 1.165) is 16.7 Å². The van der Waals surface area contributed by atoms with Gasteiger partial charge in [0, 0.05) is 31.1 Å². The summed E-state index contributed by atoms with van der Waals surface area (Å²) < 4.78 is 18.1. The van der Waals surface area contributed by atoms with Crippen molar-refractivity contribution in [2.45, 2.75) is 97.6 Å². The number of carboxylic acid groups (broad SMARTS) is 1. The molecule has 0 aromatic heterocycles. The summed E-state index contributed by atoms with van der Waals surface area (Å²) in [5.74, 6) is -2.45. The number of epoxide rings is 1. The summed E-state index contributed by atoms with van der Waals surface area (Å²) in [5, 5.41) is 9.55. The first-order valence-electron chi connectivity index (χ1n) is 14.0. The fraction of sp³-hybridized carbons (Fsp3) is 0.677. The highest BCUT2D eigenvalue weighted by atomic mass is 16.6. The van der Waals surface area contributed by atoms with Crippen LogP contribution in [-0.2, 0) is 33.4 Å². The highest BCUT2D eigenvalue weighted by Crippen LogP contribution is 2.73. The largest absolute Gasteiger partial charge is 0.481 e. The zero-order valence-electron chi connectivity index (χ0n) is 23.7. The van der Waals surface area contributed by atoms with Crippen LogP contribution in [0.25, 0.3) is 0 Å². The number of fused-ring (bicyclic) bond motifs is 1. The molecule has 1 N–H and O–H groups in total. The fourth-order valence-corrected chi connectivity index (χ4v) is 8.72. The van der Waals surface area contributed by atoms with E-state index in [0.29, 0.717) is 25.7 Å². The molecule has 8 nitrogen and oxygen atoms in total. The molecule has 1 spiro atoms. The van der Waals surface area contributed by atoms with Crippen LogP contribution in [0, 0.1) is 34.5 Å². The van der Waals surface area contributed by atoms with Gasteiger partial charge < -0.3 is 19.3 Å². The molecular weight excluding hydrogens is 500 g/mol. The van der Waals surface area contributed by atoms with Crippen molar-refractivity contribution < 1.29 is 38.5 Å². The Hall–Kier alpha value is -2.74. The standard InChI is InChI=1S/C31H40O8/c1-15(2)20-13-25-31(39-25)23(29(20,6)9-8-26(34)35)14-24(33)30(7)21(12-22(27(30)31)37-18(5)32)16(3)10-19-11-17(4)28(36)38-19/h10,14,17,19-22,25,27H,1,8-9,11-13H2,2-7H3,(H,34,35)/b16-10-/t17-,19-,20+,21-,22+,25+,27-,29+,30+,31-/m1/s1. The number of ether oxygens (including phenoxy) is 3. The van der Waals surface area contributed by atoms with Crippen molar-refractivity contribution >= 4 is 23.7 Å². The molecule has 2 aliphatic heterocycles. The number of allylic oxidation sites excluding steroid dienone is 3. The molecule has 5 rings (SSSR count). The minimum Gasteiger partial charge on any atom is -0.481 e. The van der Waals surface area contributed by atoms with Gasteiger partial charge in [0.2, 0.25) is 0 Å². The molecule has 0 radical (unpaired) electrons. The number of hydrogen-bond donors (Lipinski definition) is 1. The summed E-state index contributed by atoms with van der Waals surface area (Å²) in [6.07, 6.45) is 4.65. The molecule has 39 heavy (non-hydrogen) atoms. The van der Waals surface area contributed by atoms with E-state index in [2.05, 4.69) is 6.58 Å². The first-order valence-corrected chi connectivity index (χ1v) is 14.0. The van der Waals surface area contributed by atoms with Gasteiger partial charge in [0.05, 0.1) is 12.0 Å². The summed E-state index contributed by atoms with van der Waals surface area (Å²) >= 11 is 0. The number of carbonyl (C=O) groups excluding carboxylic acids is 3. The Labute approximate surface area is 229 Å². The third-order valence-corrected chi connectivity index (χ3v) is 10.5. The maximum atomic E-state index is 14.3. The van der Waals surface area contributed by atoms with Gasteiger partial charge in [0.15, 0.2) is 5.78 Å². The normalized spacial score (nSPS) is 44.5. The zero-order chi connectivity index (χ0) is 28.7. The van der Waals surface area contributed by atoms with E-state index in [4.69, 9.17) is 14.2 Å². The summed E-state index contributed by atoms with van der Waals surface area (Å²) in [6.45, 7) is 15.3. The zero-order valence-corrected chi connectivity index (χ0v) is 23.7. The van der Waals surface area contributed by atoms with E-state index in [1.54, 1.807) is 6.08 Å². The van der Waals surface area contributed by atoms with Crippen molar-refractivity contribution in [3.63, 3.8) is 0 Å². The number of esters is 2. The van der Waals surface area contributed by atoms with Crippen molar-refractivity contribution in [3.05, 3.63) is 35.5 Å². The lowest BCUT2D eigenvalue weighted by atomic mass is 9.49. The van der Waals surface area contributed by atoms with Crippen LogP contribution in [0.3, 0.4) is 0 Å². The van der Waals surface area contributed by atoms with Crippen molar-refractivity contribution in [2.75, 3.05) is 0 Å². The number of carboxylic acids is 1. The molecule has 10 atom stereocenters. The second-order valence-electron chi connectivity index (χ2n) is 13.0. The Morgan fingerprint density at radius 1 is 1.15 bits per heavy atom. The van der Waals surface area contributed by atoms with Gasteiger partial charge in [0.1, 0.15) is 17.8 Å². The van der Waals surface area contributed by atoms with E-state index in [-0.39, 0.29) is 48.1 Å². The Balaban J connectivity index is 1.61. The lowest BCUT2D eigenvalue weighted by Crippen LogP contribution is -2.57. The van der Waals surface area contributed by atoms with Crippen LogP contribution in [-0.4, -0.2) is 52.7 Å². The Morgan fingerprint density at radius 2 is 1.85 bits per heavy atom. The number of ketones is 1. The molecule has 212 valence electrons. The predicted molar refractivity (Wildman–Crippen MR) is 141 cm³/mol. The van der Waals surface area contributed by atoms with Gasteiger partial charge in [-0.3, -0.25) is 19.2 Å². The van der Waals surface area contributed by atoms with Crippen molar-refractivity contribution in [3.8, 4) is 0 Å². The quantitative estimate of drug-likeness (QED) is 0.283. The topological polar surface area (TPSA) is 120 Å². The number of hydrogen-bond acceptors (Lipinski definition) is 7.